The highest BCUT2D eigenvalue weighted by atomic mass is 32.1. The molecule has 4 nitrogen and oxygen atoms in total. The molecule has 2 atom stereocenters. The second kappa shape index (κ2) is 6.60. The summed E-state index contributed by atoms with van der Waals surface area (Å²) in [4.78, 5) is 15.9. The molecule has 0 fully saturated rings. The molecule has 90 valence electrons. The van der Waals surface area contributed by atoms with E-state index in [9.17, 15) is 4.79 Å². The number of aromatic nitrogens is 1. The Hall–Kier alpha value is -0.940. The maximum absolute atomic E-state index is 11.6. The first-order chi connectivity index (χ1) is 7.65. The van der Waals surface area contributed by atoms with Gasteiger partial charge in [0.05, 0.1) is 5.01 Å². The van der Waals surface area contributed by atoms with E-state index < -0.39 is 0 Å². The number of amides is 1. The Morgan fingerprint density at radius 3 is 2.81 bits per heavy atom. The van der Waals surface area contributed by atoms with Crippen molar-refractivity contribution in [3.05, 3.63) is 16.6 Å². The van der Waals surface area contributed by atoms with Crippen LogP contribution >= 0.6 is 11.3 Å². The number of rotatable bonds is 6. The second-order valence-electron chi connectivity index (χ2n) is 3.98. The summed E-state index contributed by atoms with van der Waals surface area (Å²) in [5, 5.41) is 8.96. The number of nitrogens with one attached hydrogen (secondary N) is 2. The SMILES string of the molecule is CNCC(C)C(=O)NCC(C)c1nccs1. The molecule has 0 aliphatic carbocycles. The molecule has 2 unspecified atom stereocenters. The van der Waals surface area contributed by atoms with Gasteiger partial charge in [-0.3, -0.25) is 4.79 Å². The summed E-state index contributed by atoms with van der Waals surface area (Å²) in [6.45, 7) is 5.35. The van der Waals surface area contributed by atoms with Crippen LogP contribution in [0.3, 0.4) is 0 Å². The molecule has 5 heteroatoms. The highest BCUT2D eigenvalue weighted by molar-refractivity contribution is 7.09. The van der Waals surface area contributed by atoms with Crippen molar-refractivity contribution < 1.29 is 4.79 Å². The average molecular weight is 241 g/mol. The van der Waals surface area contributed by atoms with Gasteiger partial charge in [0.1, 0.15) is 0 Å². The molecule has 16 heavy (non-hydrogen) atoms. The third-order valence-electron chi connectivity index (χ3n) is 2.41. The number of thiazole rings is 1. The van der Waals surface area contributed by atoms with Crippen LogP contribution in [0.25, 0.3) is 0 Å². The average Bonchev–Trinajstić information content (AvgIpc) is 2.79. The lowest BCUT2D eigenvalue weighted by Crippen LogP contribution is -2.36. The van der Waals surface area contributed by atoms with Gasteiger partial charge >= 0.3 is 0 Å². The van der Waals surface area contributed by atoms with Gasteiger partial charge in [0.2, 0.25) is 5.91 Å². The zero-order valence-corrected chi connectivity index (χ0v) is 10.8. The van der Waals surface area contributed by atoms with E-state index in [4.69, 9.17) is 0 Å². The Kier molecular flexibility index (Phi) is 5.42. The Morgan fingerprint density at radius 1 is 1.50 bits per heavy atom. The largest absolute Gasteiger partial charge is 0.355 e. The second-order valence-corrected chi connectivity index (χ2v) is 4.90. The molecular formula is C11H19N3OS. The molecule has 1 amide bonds. The van der Waals surface area contributed by atoms with Gasteiger partial charge in [-0.1, -0.05) is 13.8 Å². The highest BCUT2D eigenvalue weighted by Gasteiger charge is 2.14. The molecule has 2 N–H and O–H groups in total. The first-order valence-corrected chi connectivity index (χ1v) is 6.34. The number of hydrogen-bond acceptors (Lipinski definition) is 4. The number of carbonyl (C=O) groups excluding carboxylic acids is 1. The van der Waals surface area contributed by atoms with Crippen LogP contribution in [0, 0.1) is 5.92 Å². The van der Waals surface area contributed by atoms with Gasteiger partial charge in [-0.15, -0.1) is 11.3 Å². The first kappa shape index (κ1) is 13.1. The third kappa shape index (κ3) is 3.90. The van der Waals surface area contributed by atoms with Crippen LogP contribution in [0.15, 0.2) is 11.6 Å². The van der Waals surface area contributed by atoms with Crippen LogP contribution in [0.4, 0.5) is 0 Å². The van der Waals surface area contributed by atoms with E-state index in [-0.39, 0.29) is 17.7 Å². The van der Waals surface area contributed by atoms with Crippen LogP contribution < -0.4 is 10.6 Å². The molecule has 1 aromatic rings. The van der Waals surface area contributed by atoms with Crippen molar-refractivity contribution >= 4 is 17.2 Å². The summed E-state index contributed by atoms with van der Waals surface area (Å²) >= 11 is 1.63. The summed E-state index contributed by atoms with van der Waals surface area (Å²) in [5.41, 5.74) is 0. The number of hydrogen-bond donors (Lipinski definition) is 2. The molecule has 1 aromatic heterocycles. The van der Waals surface area contributed by atoms with Crippen LogP contribution in [0.5, 0.6) is 0 Å². The third-order valence-corrected chi connectivity index (χ3v) is 3.42. The van der Waals surface area contributed by atoms with E-state index >= 15 is 0 Å². The van der Waals surface area contributed by atoms with Crippen molar-refractivity contribution in [2.24, 2.45) is 5.92 Å². The summed E-state index contributed by atoms with van der Waals surface area (Å²) < 4.78 is 0. The van der Waals surface area contributed by atoms with E-state index in [1.807, 2.05) is 19.4 Å². The Morgan fingerprint density at radius 2 is 2.25 bits per heavy atom. The molecule has 0 bridgehead atoms. The topological polar surface area (TPSA) is 54.0 Å². The highest BCUT2D eigenvalue weighted by Crippen LogP contribution is 2.16. The van der Waals surface area contributed by atoms with E-state index in [1.54, 1.807) is 17.5 Å². The lowest BCUT2D eigenvalue weighted by molar-refractivity contribution is -0.124. The molecule has 0 saturated carbocycles. The minimum Gasteiger partial charge on any atom is -0.355 e. The van der Waals surface area contributed by atoms with Crippen LogP contribution in [-0.4, -0.2) is 31.0 Å². The molecule has 0 aliphatic heterocycles. The van der Waals surface area contributed by atoms with Gasteiger partial charge in [-0.25, -0.2) is 4.98 Å². The van der Waals surface area contributed by atoms with E-state index in [0.29, 0.717) is 13.1 Å². The van der Waals surface area contributed by atoms with Gasteiger partial charge in [0.25, 0.3) is 0 Å². The van der Waals surface area contributed by atoms with Crippen molar-refractivity contribution in [2.75, 3.05) is 20.1 Å². The van der Waals surface area contributed by atoms with Crippen LogP contribution in [0.2, 0.25) is 0 Å². The molecular weight excluding hydrogens is 222 g/mol. The van der Waals surface area contributed by atoms with Gasteiger partial charge in [-0.05, 0) is 7.05 Å². The van der Waals surface area contributed by atoms with Gasteiger partial charge in [0, 0.05) is 36.5 Å². The lowest BCUT2D eigenvalue weighted by Gasteiger charge is -2.14. The van der Waals surface area contributed by atoms with Gasteiger partial charge < -0.3 is 10.6 Å². The fourth-order valence-corrected chi connectivity index (χ4v) is 2.09. The Balaban J connectivity index is 2.31. The maximum Gasteiger partial charge on any atom is 0.224 e. The van der Waals surface area contributed by atoms with Crippen LogP contribution in [0.1, 0.15) is 24.8 Å². The van der Waals surface area contributed by atoms with Gasteiger partial charge in [-0.2, -0.15) is 0 Å². The molecule has 0 aliphatic rings. The van der Waals surface area contributed by atoms with Gasteiger partial charge in [0.15, 0.2) is 0 Å². The van der Waals surface area contributed by atoms with E-state index in [1.165, 1.54) is 0 Å². The number of carbonyl (C=O) groups is 1. The minimum absolute atomic E-state index is 0.00787. The predicted molar refractivity (Wildman–Crippen MR) is 66.6 cm³/mol. The zero-order chi connectivity index (χ0) is 12.0. The van der Waals surface area contributed by atoms with Crippen LogP contribution in [-0.2, 0) is 4.79 Å². The summed E-state index contributed by atoms with van der Waals surface area (Å²) in [5.74, 6) is 0.386. The van der Waals surface area contributed by atoms with E-state index in [2.05, 4.69) is 22.5 Å². The summed E-state index contributed by atoms with van der Waals surface area (Å²) in [6, 6.07) is 0. The van der Waals surface area contributed by atoms with Crippen molar-refractivity contribution in [1.82, 2.24) is 15.6 Å². The zero-order valence-electron chi connectivity index (χ0n) is 9.99. The van der Waals surface area contributed by atoms with Crippen molar-refractivity contribution in [3.8, 4) is 0 Å². The van der Waals surface area contributed by atoms with Crippen molar-refractivity contribution in [2.45, 2.75) is 19.8 Å². The molecule has 1 heterocycles. The molecule has 0 radical (unpaired) electrons. The lowest BCUT2D eigenvalue weighted by atomic mass is 10.1. The maximum atomic E-state index is 11.6. The molecule has 0 saturated heterocycles. The molecule has 1 rings (SSSR count). The van der Waals surface area contributed by atoms with E-state index in [0.717, 1.165) is 5.01 Å². The Bertz CT molecular complexity index is 313. The standard InChI is InChI=1S/C11H19N3OS/c1-8(6-12-3)10(15)14-7-9(2)11-13-4-5-16-11/h4-5,8-9,12H,6-7H2,1-3H3,(H,14,15). The predicted octanol–water partition coefficient (Wildman–Crippen LogP) is 1.22. The molecule has 0 spiro atoms. The van der Waals surface area contributed by atoms with Crippen molar-refractivity contribution in [1.29, 1.82) is 0 Å². The fraction of sp³-hybridized carbons (Fsp3) is 0.636. The normalized spacial score (nSPS) is 14.4. The molecule has 0 aromatic carbocycles. The number of nitrogens with zero attached hydrogens (tertiary/aromatic N) is 1. The summed E-state index contributed by atoms with van der Waals surface area (Å²) in [7, 11) is 1.85. The Labute approximate surface area is 100 Å². The minimum atomic E-state index is 0.00787. The summed E-state index contributed by atoms with van der Waals surface area (Å²) in [6.07, 6.45) is 1.79. The quantitative estimate of drug-likeness (QED) is 0.787. The monoisotopic (exact) mass is 241 g/mol. The van der Waals surface area contributed by atoms with Crippen molar-refractivity contribution in [3.63, 3.8) is 0 Å². The first-order valence-electron chi connectivity index (χ1n) is 5.46. The fourth-order valence-electron chi connectivity index (χ4n) is 1.39. The smallest absolute Gasteiger partial charge is 0.224 e.